The van der Waals surface area contributed by atoms with Crippen LogP contribution in [-0.2, 0) is 0 Å². The molecule has 3 rings (SSSR count). The number of nitrogens with zero attached hydrogens (tertiary/aromatic N) is 3. The third kappa shape index (κ3) is 3.44. The number of nitrogens with two attached hydrogens (primary N) is 1. The van der Waals surface area contributed by atoms with Crippen LogP contribution in [0.25, 0.3) is 0 Å². The molecule has 0 atom stereocenters. The number of piperazine rings is 1. The fourth-order valence-electron chi connectivity index (χ4n) is 3.09. The molecule has 0 bridgehead atoms. The van der Waals surface area contributed by atoms with Gasteiger partial charge in [-0.25, -0.2) is 4.39 Å². The van der Waals surface area contributed by atoms with E-state index >= 15 is 0 Å². The minimum absolute atomic E-state index is 0.166. The van der Waals surface area contributed by atoms with Crippen LogP contribution in [0.4, 0.5) is 21.5 Å². The lowest BCUT2D eigenvalue weighted by Gasteiger charge is -2.36. The zero-order valence-electron chi connectivity index (χ0n) is 14.3. The first-order valence-corrected chi connectivity index (χ1v) is 8.21. The topological polar surface area (TPSA) is 92.7 Å². The molecule has 1 fully saturated rings. The average Bonchev–Trinajstić information content (AvgIpc) is 2.62. The zero-order chi connectivity index (χ0) is 18.8. The molecule has 2 aromatic rings. The van der Waals surface area contributed by atoms with E-state index in [-0.39, 0.29) is 11.3 Å². The van der Waals surface area contributed by atoms with Crippen molar-refractivity contribution in [1.82, 2.24) is 4.90 Å². The molecule has 2 aromatic carbocycles. The zero-order valence-corrected chi connectivity index (χ0v) is 14.3. The predicted molar refractivity (Wildman–Crippen MR) is 96.8 cm³/mol. The highest BCUT2D eigenvalue weighted by Crippen LogP contribution is 2.28. The Morgan fingerprint density at radius 1 is 1.19 bits per heavy atom. The Hall–Kier alpha value is -3.16. The fraction of sp³-hybridized carbons (Fsp3) is 0.278. The van der Waals surface area contributed by atoms with Crippen molar-refractivity contribution in [3.63, 3.8) is 0 Å². The molecule has 136 valence electrons. The molecule has 8 heteroatoms. The first-order valence-electron chi connectivity index (χ1n) is 8.21. The molecule has 0 unspecified atom stereocenters. The Morgan fingerprint density at radius 3 is 2.50 bits per heavy atom. The van der Waals surface area contributed by atoms with Gasteiger partial charge >= 0.3 is 0 Å². The Morgan fingerprint density at radius 2 is 1.88 bits per heavy atom. The molecule has 1 aliphatic rings. The Bertz CT molecular complexity index is 864. The van der Waals surface area contributed by atoms with Crippen molar-refractivity contribution in [1.29, 1.82) is 0 Å². The molecule has 1 saturated heterocycles. The molecule has 7 nitrogen and oxygen atoms in total. The number of nitro groups is 1. The van der Waals surface area contributed by atoms with Gasteiger partial charge in [0.05, 0.1) is 16.6 Å². The highest BCUT2D eigenvalue weighted by Gasteiger charge is 2.27. The van der Waals surface area contributed by atoms with Gasteiger partial charge < -0.3 is 15.5 Å². The van der Waals surface area contributed by atoms with Gasteiger partial charge in [-0.1, -0.05) is 12.1 Å². The lowest BCUT2D eigenvalue weighted by Crippen LogP contribution is -2.49. The molecule has 26 heavy (non-hydrogen) atoms. The number of nitro benzene ring substituents is 1. The van der Waals surface area contributed by atoms with E-state index in [2.05, 4.69) is 11.0 Å². The minimum atomic E-state index is -0.854. The Labute approximate surface area is 150 Å². The van der Waals surface area contributed by atoms with Crippen LogP contribution in [0.3, 0.4) is 0 Å². The van der Waals surface area contributed by atoms with Gasteiger partial charge in [-0.15, -0.1) is 0 Å². The maximum atomic E-state index is 13.7. The Kier molecular flexibility index (Phi) is 4.75. The van der Waals surface area contributed by atoms with Gasteiger partial charge in [0.2, 0.25) is 0 Å². The normalized spacial score (nSPS) is 14.4. The van der Waals surface area contributed by atoms with Crippen LogP contribution in [0.15, 0.2) is 36.4 Å². The van der Waals surface area contributed by atoms with Crippen LogP contribution in [-0.4, -0.2) is 41.9 Å². The standard InChI is InChI=1S/C18H19FN4O3/c1-12-3-2-4-14(9-12)21-5-7-22(8-6-21)18(24)15-10-13(19)11-16(17(15)20)23(25)26/h2-4,9-11H,5-8,20H2,1H3. The summed E-state index contributed by atoms with van der Waals surface area (Å²) in [7, 11) is 0. The summed E-state index contributed by atoms with van der Waals surface area (Å²) in [6, 6.07) is 9.76. The van der Waals surface area contributed by atoms with Crippen LogP contribution in [0.5, 0.6) is 0 Å². The lowest BCUT2D eigenvalue weighted by molar-refractivity contribution is -0.384. The SMILES string of the molecule is Cc1cccc(N2CCN(C(=O)c3cc(F)cc([N+](=O)[O-])c3N)CC2)c1. The van der Waals surface area contributed by atoms with E-state index in [9.17, 15) is 19.3 Å². The number of nitrogen functional groups attached to an aromatic ring is 1. The minimum Gasteiger partial charge on any atom is -0.393 e. The summed E-state index contributed by atoms with van der Waals surface area (Å²) in [5, 5.41) is 11.0. The molecule has 1 amide bonds. The molecule has 2 N–H and O–H groups in total. The second-order valence-electron chi connectivity index (χ2n) is 6.26. The molecule has 0 aromatic heterocycles. The van der Waals surface area contributed by atoms with Crippen LogP contribution < -0.4 is 10.6 Å². The van der Waals surface area contributed by atoms with E-state index in [4.69, 9.17) is 5.73 Å². The molecular formula is C18H19FN4O3. The van der Waals surface area contributed by atoms with Gasteiger partial charge in [-0.05, 0) is 30.7 Å². The molecule has 0 saturated carbocycles. The predicted octanol–water partition coefficient (Wildman–Crippen LogP) is 2.59. The number of rotatable bonds is 3. The fourth-order valence-corrected chi connectivity index (χ4v) is 3.09. The number of benzene rings is 2. The van der Waals surface area contributed by atoms with Crippen molar-refractivity contribution in [3.05, 3.63) is 63.5 Å². The summed E-state index contributed by atoms with van der Waals surface area (Å²) >= 11 is 0. The van der Waals surface area contributed by atoms with E-state index < -0.39 is 22.3 Å². The number of aryl methyl sites for hydroxylation is 1. The van der Waals surface area contributed by atoms with Gasteiger partial charge in [-0.2, -0.15) is 0 Å². The van der Waals surface area contributed by atoms with Gasteiger partial charge in [0.25, 0.3) is 11.6 Å². The van der Waals surface area contributed by atoms with Gasteiger partial charge in [0, 0.05) is 31.9 Å². The van der Waals surface area contributed by atoms with Crippen LogP contribution in [0.2, 0.25) is 0 Å². The highest BCUT2D eigenvalue weighted by atomic mass is 19.1. The number of anilines is 2. The second kappa shape index (κ2) is 6.99. The summed E-state index contributed by atoms with van der Waals surface area (Å²) in [6.07, 6.45) is 0. The van der Waals surface area contributed by atoms with Crippen LogP contribution in [0.1, 0.15) is 15.9 Å². The largest absolute Gasteiger partial charge is 0.393 e. The molecule has 1 aliphatic heterocycles. The van der Waals surface area contributed by atoms with Crippen molar-refractivity contribution < 1.29 is 14.1 Å². The maximum Gasteiger partial charge on any atom is 0.295 e. The average molecular weight is 358 g/mol. The first kappa shape index (κ1) is 17.7. The summed E-state index contributed by atoms with van der Waals surface area (Å²) in [5.74, 6) is -1.35. The summed E-state index contributed by atoms with van der Waals surface area (Å²) in [5.41, 5.74) is 6.90. The summed E-state index contributed by atoms with van der Waals surface area (Å²) in [4.78, 5) is 26.6. The quantitative estimate of drug-likeness (QED) is 0.517. The number of amides is 1. The van der Waals surface area contributed by atoms with E-state index in [0.29, 0.717) is 26.2 Å². The monoisotopic (exact) mass is 358 g/mol. The summed E-state index contributed by atoms with van der Waals surface area (Å²) in [6.45, 7) is 4.11. The van der Waals surface area contributed by atoms with Crippen LogP contribution in [0, 0.1) is 22.9 Å². The molecule has 1 heterocycles. The smallest absolute Gasteiger partial charge is 0.295 e. The molecule has 0 spiro atoms. The number of carbonyl (C=O) groups excluding carboxylic acids is 1. The van der Waals surface area contributed by atoms with Crippen molar-refractivity contribution in [3.8, 4) is 0 Å². The van der Waals surface area contributed by atoms with Crippen molar-refractivity contribution >= 4 is 23.0 Å². The summed E-state index contributed by atoms with van der Waals surface area (Å²) < 4.78 is 13.7. The van der Waals surface area contributed by atoms with Crippen molar-refractivity contribution in [2.75, 3.05) is 36.8 Å². The van der Waals surface area contributed by atoms with E-state index in [0.717, 1.165) is 23.4 Å². The number of halogens is 1. The third-order valence-corrected chi connectivity index (χ3v) is 4.48. The molecular weight excluding hydrogens is 339 g/mol. The van der Waals surface area contributed by atoms with Crippen LogP contribution >= 0.6 is 0 Å². The second-order valence-corrected chi connectivity index (χ2v) is 6.26. The highest BCUT2D eigenvalue weighted by molar-refractivity contribution is 6.01. The van der Waals surface area contributed by atoms with Gasteiger partial charge in [0.1, 0.15) is 11.5 Å². The van der Waals surface area contributed by atoms with Gasteiger partial charge in [0.15, 0.2) is 0 Å². The van der Waals surface area contributed by atoms with E-state index in [1.54, 1.807) is 4.90 Å². The maximum absolute atomic E-state index is 13.7. The van der Waals surface area contributed by atoms with Crippen molar-refractivity contribution in [2.24, 2.45) is 0 Å². The van der Waals surface area contributed by atoms with E-state index in [1.165, 1.54) is 0 Å². The van der Waals surface area contributed by atoms with Crippen molar-refractivity contribution in [2.45, 2.75) is 6.92 Å². The number of carbonyl (C=O) groups is 1. The van der Waals surface area contributed by atoms with Gasteiger partial charge in [-0.3, -0.25) is 14.9 Å². The molecule has 0 radical (unpaired) electrons. The Balaban J connectivity index is 1.76. The number of hydrogen-bond donors (Lipinski definition) is 1. The molecule has 0 aliphatic carbocycles. The number of hydrogen-bond acceptors (Lipinski definition) is 5. The first-order chi connectivity index (χ1) is 12.4. The van der Waals surface area contributed by atoms with E-state index in [1.807, 2.05) is 25.1 Å². The lowest BCUT2D eigenvalue weighted by atomic mass is 10.1. The third-order valence-electron chi connectivity index (χ3n) is 4.48.